The highest BCUT2D eigenvalue weighted by Crippen LogP contribution is 2.32. The van der Waals surface area contributed by atoms with E-state index in [0.717, 1.165) is 17.9 Å². The highest BCUT2D eigenvalue weighted by Gasteiger charge is 2.28. The summed E-state index contributed by atoms with van der Waals surface area (Å²) in [7, 11) is -3.01. The Morgan fingerprint density at radius 3 is 2.75 bits per heavy atom. The molecule has 1 aromatic carbocycles. The molecule has 24 heavy (non-hydrogen) atoms. The van der Waals surface area contributed by atoms with Crippen LogP contribution in [0.3, 0.4) is 0 Å². The predicted molar refractivity (Wildman–Crippen MR) is 98.3 cm³/mol. The molecule has 1 unspecified atom stereocenters. The first kappa shape index (κ1) is 17.2. The third-order valence-corrected chi connectivity index (χ3v) is 6.43. The van der Waals surface area contributed by atoms with E-state index in [4.69, 9.17) is 11.6 Å². The van der Waals surface area contributed by atoms with Gasteiger partial charge in [-0.25, -0.2) is 8.42 Å². The molecule has 1 aliphatic rings. The lowest BCUT2D eigenvalue weighted by atomic mass is 9.97. The average molecular weight is 365 g/mol. The molecule has 4 nitrogen and oxygen atoms in total. The van der Waals surface area contributed by atoms with Crippen molar-refractivity contribution in [1.29, 1.82) is 0 Å². The topological polar surface area (TPSA) is 50.3 Å². The summed E-state index contributed by atoms with van der Waals surface area (Å²) in [5.41, 5.74) is 3.12. The van der Waals surface area contributed by atoms with Crippen molar-refractivity contribution in [1.82, 2.24) is 4.98 Å². The number of rotatable bonds is 5. The van der Waals surface area contributed by atoms with Gasteiger partial charge >= 0.3 is 0 Å². The Bertz CT molecular complexity index is 809. The molecule has 0 saturated heterocycles. The molecular weight excluding hydrogens is 344 g/mol. The van der Waals surface area contributed by atoms with Crippen LogP contribution in [0.1, 0.15) is 18.2 Å². The van der Waals surface area contributed by atoms with Crippen molar-refractivity contribution in [3.63, 3.8) is 0 Å². The largest absolute Gasteiger partial charge is 0.365 e. The highest BCUT2D eigenvalue weighted by molar-refractivity contribution is 7.91. The van der Waals surface area contributed by atoms with Gasteiger partial charge in [-0.05, 0) is 24.0 Å². The second kappa shape index (κ2) is 7.11. The Labute approximate surface area is 148 Å². The summed E-state index contributed by atoms with van der Waals surface area (Å²) < 4.78 is 24.1. The van der Waals surface area contributed by atoms with Crippen molar-refractivity contribution >= 4 is 27.1 Å². The fraction of sp³-hybridized carbons (Fsp3) is 0.389. The third-order valence-electron chi connectivity index (χ3n) is 4.36. The summed E-state index contributed by atoms with van der Waals surface area (Å²) in [6.45, 7) is 3.12. The van der Waals surface area contributed by atoms with Crippen LogP contribution in [0, 0.1) is 5.92 Å². The molecule has 0 amide bonds. The monoisotopic (exact) mass is 364 g/mol. The van der Waals surface area contributed by atoms with E-state index >= 15 is 0 Å². The van der Waals surface area contributed by atoms with Gasteiger partial charge in [0.25, 0.3) is 0 Å². The Kier molecular flexibility index (Phi) is 5.11. The molecule has 1 atom stereocenters. The fourth-order valence-corrected chi connectivity index (χ4v) is 4.51. The average Bonchev–Trinajstić information content (AvgIpc) is 2.56. The predicted octanol–water partition coefficient (Wildman–Crippen LogP) is 3.35. The quantitative estimate of drug-likeness (QED) is 0.816. The summed E-state index contributed by atoms with van der Waals surface area (Å²) in [5, 5.41) is 0.603. The number of sulfone groups is 1. The summed E-state index contributed by atoms with van der Waals surface area (Å²) in [4.78, 5) is 6.65. The zero-order valence-corrected chi connectivity index (χ0v) is 15.2. The van der Waals surface area contributed by atoms with Crippen LogP contribution in [0.2, 0.25) is 5.02 Å². The summed E-state index contributed by atoms with van der Waals surface area (Å²) in [6, 6.07) is 12.1. The van der Waals surface area contributed by atoms with E-state index in [1.54, 1.807) is 13.1 Å². The van der Waals surface area contributed by atoms with Crippen LogP contribution in [0.25, 0.3) is 0 Å². The molecule has 6 heteroatoms. The molecule has 1 aliphatic heterocycles. The normalized spacial score (nSPS) is 17.6. The van der Waals surface area contributed by atoms with Crippen LogP contribution in [0.5, 0.6) is 0 Å². The minimum absolute atomic E-state index is 0.0554. The lowest BCUT2D eigenvalue weighted by Crippen LogP contribution is -2.38. The minimum Gasteiger partial charge on any atom is -0.365 e. The zero-order chi connectivity index (χ0) is 17.2. The summed E-state index contributed by atoms with van der Waals surface area (Å²) >= 11 is 6.13. The first-order chi connectivity index (χ1) is 11.5. The maximum atomic E-state index is 12.0. The first-order valence-corrected chi connectivity index (χ1v) is 10.3. The van der Waals surface area contributed by atoms with Gasteiger partial charge in [-0.3, -0.25) is 4.98 Å². The van der Waals surface area contributed by atoms with Gasteiger partial charge in [-0.2, -0.15) is 0 Å². The molecule has 2 aromatic rings. The van der Waals surface area contributed by atoms with E-state index in [0.29, 0.717) is 18.0 Å². The van der Waals surface area contributed by atoms with Crippen LogP contribution < -0.4 is 4.90 Å². The van der Waals surface area contributed by atoms with Crippen molar-refractivity contribution in [2.75, 3.05) is 23.0 Å². The van der Waals surface area contributed by atoms with E-state index in [1.807, 2.05) is 24.3 Å². The van der Waals surface area contributed by atoms with Crippen LogP contribution in [-0.2, 0) is 22.8 Å². The molecule has 2 heterocycles. The van der Waals surface area contributed by atoms with Crippen molar-refractivity contribution < 1.29 is 8.42 Å². The maximum absolute atomic E-state index is 12.0. The lowest BCUT2D eigenvalue weighted by molar-refractivity contribution is 0.509. The number of pyridine rings is 1. The van der Waals surface area contributed by atoms with Crippen molar-refractivity contribution in [3.05, 3.63) is 58.9 Å². The number of anilines is 1. The van der Waals surface area contributed by atoms with Gasteiger partial charge in [0.05, 0.1) is 22.2 Å². The number of hydrogen-bond donors (Lipinski definition) is 0. The van der Waals surface area contributed by atoms with Gasteiger partial charge in [-0.1, -0.05) is 48.9 Å². The summed E-state index contributed by atoms with van der Waals surface area (Å²) in [5.74, 6) is 0.446. The molecule has 0 aliphatic carbocycles. The van der Waals surface area contributed by atoms with Crippen LogP contribution >= 0.6 is 11.6 Å². The SMILES string of the molecule is CCS(=O)(=O)CC1Cc2ncc(Cl)cc2N(Cc2ccccc2)C1. The number of benzene rings is 1. The molecule has 0 N–H and O–H groups in total. The number of halogens is 1. The third kappa shape index (κ3) is 4.08. The van der Waals surface area contributed by atoms with Gasteiger partial charge in [0.1, 0.15) is 9.84 Å². The summed E-state index contributed by atoms with van der Waals surface area (Å²) in [6.07, 6.45) is 2.31. The molecule has 3 rings (SSSR count). The maximum Gasteiger partial charge on any atom is 0.150 e. The molecule has 0 spiro atoms. The molecular formula is C18H21ClN2O2S. The highest BCUT2D eigenvalue weighted by atomic mass is 35.5. The van der Waals surface area contributed by atoms with E-state index in [-0.39, 0.29) is 17.4 Å². The fourth-order valence-electron chi connectivity index (χ4n) is 3.18. The number of nitrogens with zero attached hydrogens (tertiary/aromatic N) is 2. The van der Waals surface area contributed by atoms with Crippen LogP contribution in [-0.4, -0.2) is 31.5 Å². The molecule has 128 valence electrons. The standard InChI is InChI=1S/C18H21ClN2O2S/c1-2-24(22,23)13-15-8-17-18(9-16(19)10-20-17)21(12-15)11-14-6-4-3-5-7-14/h3-7,9-10,15H,2,8,11-13H2,1H3. The number of fused-ring (bicyclic) bond motifs is 1. The second-order valence-electron chi connectivity index (χ2n) is 6.25. The van der Waals surface area contributed by atoms with Gasteiger partial charge < -0.3 is 4.90 Å². The van der Waals surface area contributed by atoms with Crippen molar-refractivity contribution in [2.24, 2.45) is 5.92 Å². The Balaban J connectivity index is 1.89. The minimum atomic E-state index is -3.01. The first-order valence-electron chi connectivity index (χ1n) is 8.10. The van der Waals surface area contributed by atoms with Crippen LogP contribution in [0.15, 0.2) is 42.6 Å². The Morgan fingerprint density at radius 1 is 1.29 bits per heavy atom. The van der Waals surface area contributed by atoms with Crippen LogP contribution in [0.4, 0.5) is 5.69 Å². The lowest BCUT2D eigenvalue weighted by Gasteiger charge is -2.35. The Hall–Kier alpha value is -1.59. The number of hydrogen-bond acceptors (Lipinski definition) is 4. The van der Waals surface area contributed by atoms with Gasteiger partial charge in [0.15, 0.2) is 0 Å². The molecule has 1 aromatic heterocycles. The van der Waals surface area contributed by atoms with E-state index in [2.05, 4.69) is 22.0 Å². The van der Waals surface area contributed by atoms with Crippen molar-refractivity contribution in [2.45, 2.75) is 19.9 Å². The van der Waals surface area contributed by atoms with E-state index < -0.39 is 9.84 Å². The van der Waals surface area contributed by atoms with E-state index in [1.165, 1.54) is 5.56 Å². The van der Waals surface area contributed by atoms with Gasteiger partial charge in [-0.15, -0.1) is 0 Å². The molecule has 0 radical (unpaired) electrons. The Morgan fingerprint density at radius 2 is 2.04 bits per heavy atom. The van der Waals surface area contributed by atoms with E-state index in [9.17, 15) is 8.42 Å². The van der Waals surface area contributed by atoms with Gasteiger partial charge in [0.2, 0.25) is 0 Å². The number of aromatic nitrogens is 1. The molecule has 0 fully saturated rings. The zero-order valence-electron chi connectivity index (χ0n) is 13.7. The molecule has 0 bridgehead atoms. The second-order valence-corrected chi connectivity index (χ2v) is 9.09. The van der Waals surface area contributed by atoms with Crippen molar-refractivity contribution in [3.8, 4) is 0 Å². The van der Waals surface area contributed by atoms with Gasteiger partial charge in [0, 0.05) is 25.0 Å². The smallest absolute Gasteiger partial charge is 0.150 e. The molecule has 0 saturated carbocycles.